The van der Waals surface area contributed by atoms with Crippen molar-refractivity contribution in [3.05, 3.63) is 27.7 Å². The van der Waals surface area contributed by atoms with Crippen LogP contribution in [0, 0.1) is 0 Å². The molecule has 0 aliphatic carbocycles. The summed E-state index contributed by atoms with van der Waals surface area (Å²) in [6, 6.07) is 3.44. The fraction of sp³-hybridized carbons (Fsp3) is 0.562. The highest BCUT2D eigenvalue weighted by Gasteiger charge is 2.16. The van der Waals surface area contributed by atoms with E-state index in [0.29, 0.717) is 15.6 Å². The predicted octanol–water partition coefficient (Wildman–Crippen LogP) is 5.60. The largest absolute Gasteiger partial charge is 0.369 e. The van der Waals surface area contributed by atoms with E-state index in [4.69, 9.17) is 23.2 Å². The minimum Gasteiger partial charge on any atom is -0.369 e. The van der Waals surface area contributed by atoms with E-state index in [1.165, 1.54) is 6.92 Å². The number of anilines is 1. The zero-order valence-electron chi connectivity index (χ0n) is 12.5. The molecule has 0 aromatic heterocycles. The number of hydrogen-bond acceptors (Lipinski definition) is 2. The normalized spacial score (nSPS) is 10.7. The molecule has 0 unspecified atom stereocenters. The lowest BCUT2D eigenvalue weighted by atomic mass is 10.1. The average Bonchev–Trinajstić information content (AvgIpc) is 2.40. The molecule has 0 atom stereocenters. The second-order valence-corrected chi connectivity index (χ2v) is 5.85. The molecule has 1 rings (SSSR count). The number of nitrogens with zero attached hydrogens (tertiary/aromatic N) is 1. The molecule has 20 heavy (non-hydrogen) atoms. The Bertz CT molecular complexity index is 429. The minimum absolute atomic E-state index is 0.0194. The summed E-state index contributed by atoms with van der Waals surface area (Å²) in [5.74, 6) is -0.0194. The Morgan fingerprint density at radius 3 is 1.85 bits per heavy atom. The topological polar surface area (TPSA) is 20.3 Å². The summed E-state index contributed by atoms with van der Waals surface area (Å²) >= 11 is 12.7. The lowest BCUT2D eigenvalue weighted by Crippen LogP contribution is -2.26. The molecule has 0 saturated heterocycles. The van der Waals surface area contributed by atoms with Gasteiger partial charge in [0.15, 0.2) is 5.78 Å². The van der Waals surface area contributed by atoms with Gasteiger partial charge in [-0.2, -0.15) is 0 Å². The lowest BCUT2D eigenvalue weighted by Gasteiger charge is -2.27. The van der Waals surface area contributed by atoms with Crippen molar-refractivity contribution in [2.24, 2.45) is 0 Å². The average molecular weight is 316 g/mol. The zero-order chi connectivity index (χ0) is 15.1. The quantitative estimate of drug-likeness (QED) is 0.582. The molecule has 0 amide bonds. The van der Waals surface area contributed by atoms with Crippen LogP contribution in [-0.4, -0.2) is 18.9 Å². The number of hydrogen-bond donors (Lipinski definition) is 0. The van der Waals surface area contributed by atoms with Crippen molar-refractivity contribution in [3.63, 3.8) is 0 Å². The van der Waals surface area contributed by atoms with Crippen molar-refractivity contribution < 1.29 is 4.79 Å². The van der Waals surface area contributed by atoms with Gasteiger partial charge in [0.25, 0.3) is 0 Å². The smallest absolute Gasteiger partial charge is 0.159 e. The van der Waals surface area contributed by atoms with E-state index in [1.54, 1.807) is 12.1 Å². The van der Waals surface area contributed by atoms with Gasteiger partial charge in [0.2, 0.25) is 0 Å². The van der Waals surface area contributed by atoms with E-state index in [1.807, 2.05) is 0 Å². The molecule has 1 aromatic carbocycles. The SMILES string of the molecule is CCCCN(CCCC)c1c(Cl)cc(C(C)=O)cc1Cl. The third-order valence-corrected chi connectivity index (χ3v) is 3.88. The van der Waals surface area contributed by atoms with Gasteiger partial charge in [-0.1, -0.05) is 49.9 Å². The summed E-state index contributed by atoms with van der Waals surface area (Å²) in [4.78, 5) is 13.7. The third-order valence-electron chi connectivity index (χ3n) is 3.30. The van der Waals surface area contributed by atoms with Gasteiger partial charge in [-0.15, -0.1) is 0 Å². The number of benzene rings is 1. The molecule has 0 radical (unpaired) electrons. The van der Waals surface area contributed by atoms with Gasteiger partial charge in [0.1, 0.15) is 0 Å². The van der Waals surface area contributed by atoms with Crippen LogP contribution in [0.2, 0.25) is 10.0 Å². The van der Waals surface area contributed by atoms with Gasteiger partial charge in [-0.05, 0) is 31.9 Å². The lowest BCUT2D eigenvalue weighted by molar-refractivity contribution is 0.101. The van der Waals surface area contributed by atoms with Crippen LogP contribution in [0.3, 0.4) is 0 Å². The van der Waals surface area contributed by atoms with Crippen molar-refractivity contribution in [2.75, 3.05) is 18.0 Å². The van der Waals surface area contributed by atoms with E-state index in [-0.39, 0.29) is 5.78 Å². The van der Waals surface area contributed by atoms with Gasteiger partial charge < -0.3 is 4.90 Å². The molecule has 0 fully saturated rings. The van der Waals surface area contributed by atoms with Crippen LogP contribution >= 0.6 is 23.2 Å². The molecule has 4 heteroatoms. The van der Waals surface area contributed by atoms with Gasteiger partial charge in [0, 0.05) is 18.7 Å². The fourth-order valence-corrected chi connectivity index (χ4v) is 2.83. The first-order valence-corrected chi connectivity index (χ1v) is 8.01. The van der Waals surface area contributed by atoms with Crippen LogP contribution in [0.5, 0.6) is 0 Å². The molecule has 0 spiro atoms. The highest BCUT2D eigenvalue weighted by atomic mass is 35.5. The highest BCUT2D eigenvalue weighted by Crippen LogP contribution is 2.35. The van der Waals surface area contributed by atoms with Crippen molar-refractivity contribution in [1.29, 1.82) is 0 Å². The van der Waals surface area contributed by atoms with Crippen molar-refractivity contribution in [1.82, 2.24) is 0 Å². The zero-order valence-corrected chi connectivity index (χ0v) is 14.0. The molecule has 0 N–H and O–H groups in total. The number of carbonyl (C=O) groups excluding carboxylic acids is 1. The summed E-state index contributed by atoms with van der Waals surface area (Å²) in [6.45, 7) is 7.73. The Morgan fingerprint density at radius 1 is 1.05 bits per heavy atom. The maximum absolute atomic E-state index is 11.4. The van der Waals surface area contributed by atoms with Gasteiger partial charge >= 0.3 is 0 Å². The summed E-state index contributed by atoms with van der Waals surface area (Å²) in [7, 11) is 0. The molecule has 0 aliphatic rings. The number of rotatable bonds is 8. The van der Waals surface area contributed by atoms with Crippen molar-refractivity contribution >= 4 is 34.7 Å². The number of unbranched alkanes of at least 4 members (excludes halogenated alkanes) is 2. The minimum atomic E-state index is -0.0194. The molecule has 0 aliphatic heterocycles. The van der Waals surface area contributed by atoms with E-state index in [9.17, 15) is 4.79 Å². The van der Waals surface area contributed by atoms with Gasteiger partial charge in [-0.3, -0.25) is 4.79 Å². The summed E-state index contributed by atoms with van der Waals surface area (Å²) in [6.07, 6.45) is 4.46. The molecule has 0 bridgehead atoms. The van der Waals surface area contributed by atoms with Crippen LogP contribution < -0.4 is 4.90 Å². The maximum atomic E-state index is 11.4. The molecular weight excluding hydrogens is 293 g/mol. The van der Waals surface area contributed by atoms with Crippen LogP contribution in [0.25, 0.3) is 0 Å². The first-order valence-electron chi connectivity index (χ1n) is 7.26. The first-order chi connectivity index (χ1) is 9.51. The number of halogens is 2. The first kappa shape index (κ1) is 17.3. The number of ketones is 1. The Hall–Kier alpha value is -0.730. The van der Waals surface area contributed by atoms with Crippen LogP contribution in [0.4, 0.5) is 5.69 Å². The van der Waals surface area contributed by atoms with Crippen molar-refractivity contribution in [2.45, 2.75) is 46.5 Å². The molecule has 0 heterocycles. The van der Waals surface area contributed by atoms with Crippen molar-refractivity contribution in [3.8, 4) is 0 Å². The molecule has 2 nitrogen and oxygen atoms in total. The Balaban J connectivity index is 3.08. The van der Waals surface area contributed by atoms with Crippen LogP contribution in [-0.2, 0) is 0 Å². The molecule has 1 aromatic rings. The monoisotopic (exact) mass is 315 g/mol. The fourth-order valence-electron chi connectivity index (χ4n) is 2.10. The molecule has 0 saturated carbocycles. The predicted molar refractivity (Wildman–Crippen MR) is 88.5 cm³/mol. The van der Waals surface area contributed by atoms with Crippen LogP contribution in [0.15, 0.2) is 12.1 Å². The van der Waals surface area contributed by atoms with Crippen LogP contribution in [0.1, 0.15) is 56.8 Å². The second kappa shape index (κ2) is 8.53. The molecule has 112 valence electrons. The van der Waals surface area contributed by atoms with Gasteiger partial charge in [0.05, 0.1) is 15.7 Å². The highest BCUT2D eigenvalue weighted by molar-refractivity contribution is 6.39. The molecular formula is C16H23Cl2NO. The summed E-state index contributed by atoms with van der Waals surface area (Å²) < 4.78 is 0. The number of Topliss-reactive ketones (excluding diaryl/α,β-unsaturated/α-hetero) is 1. The summed E-state index contributed by atoms with van der Waals surface area (Å²) in [5.41, 5.74) is 1.43. The Labute approximate surface area is 132 Å². The second-order valence-electron chi connectivity index (χ2n) is 5.04. The van der Waals surface area contributed by atoms with E-state index in [2.05, 4.69) is 18.7 Å². The standard InChI is InChI=1S/C16H23Cl2NO/c1-4-6-8-19(9-7-5-2)16-14(17)10-13(12(3)20)11-15(16)18/h10-11H,4-9H2,1-3H3. The Morgan fingerprint density at radius 2 is 1.50 bits per heavy atom. The van der Waals surface area contributed by atoms with E-state index >= 15 is 0 Å². The van der Waals surface area contributed by atoms with E-state index < -0.39 is 0 Å². The number of carbonyl (C=O) groups is 1. The van der Waals surface area contributed by atoms with E-state index in [0.717, 1.165) is 44.5 Å². The summed E-state index contributed by atoms with van der Waals surface area (Å²) in [5, 5.41) is 1.13. The van der Waals surface area contributed by atoms with Gasteiger partial charge in [-0.25, -0.2) is 0 Å². The third kappa shape index (κ3) is 4.68. The maximum Gasteiger partial charge on any atom is 0.159 e. The Kier molecular flexibility index (Phi) is 7.39.